The lowest BCUT2D eigenvalue weighted by Crippen LogP contribution is -2.22. The van der Waals surface area contributed by atoms with Gasteiger partial charge < -0.3 is 4.52 Å². The Morgan fingerprint density at radius 2 is 2.15 bits per heavy atom. The third kappa shape index (κ3) is 3.55. The first kappa shape index (κ1) is 18.0. The van der Waals surface area contributed by atoms with Crippen molar-refractivity contribution in [2.75, 3.05) is 0 Å². The number of thioether (sulfide) groups is 1. The lowest BCUT2D eigenvalue weighted by atomic mass is 10.2. The van der Waals surface area contributed by atoms with Crippen LogP contribution in [0.4, 0.5) is 0 Å². The average molecular weight is 417 g/mol. The fraction of sp³-hybridized carbons (Fsp3) is 0.111. The van der Waals surface area contributed by atoms with Crippen molar-refractivity contribution in [1.29, 1.82) is 0 Å². The minimum atomic E-state index is -0.0754. The van der Waals surface area contributed by atoms with Crippen LogP contribution in [0.5, 0.6) is 0 Å². The van der Waals surface area contributed by atoms with Gasteiger partial charge in [0.1, 0.15) is 4.83 Å². The zero-order valence-corrected chi connectivity index (χ0v) is 16.4. The summed E-state index contributed by atoms with van der Waals surface area (Å²) in [6.07, 6.45) is 1.68. The van der Waals surface area contributed by atoms with Crippen LogP contribution >= 0.6 is 34.7 Å². The normalized spacial score (nSPS) is 11.1. The molecule has 0 N–H and O–H groups in total. The van der Waals surface area contributed by atoms with E-state index in [1.807, 2.05) is 23.6 Å². The minimum Gasteiger partial charge on any atom is -0.334 e. The summed E-state index contributed by atoms with van der Waals surface area (Å²) in [6, 6.07) is 9.07. The summed E-state index contributed by atoms with van der Waals surface area (Å²) in [4.78, 5) is 22.3. The summed E-state index contributed by atoms with van der Waals surface area (Å²) in [5, 5.41) is 7.62. The quantitative estimate of drug-likeness (QED) is 0.259. The lowest BCUT2D eigenvalue weighted by molar-refractivity contribution is 0.425. The molecule has 0 spiro atoms. The van der Waals surface area contributed by atoms with E-state index in [2.05, 4.69) is 21.7 Å². The number of halogens is 1. The Balaban J connectivity index is 1.61. The van der Waals surface area contributed by atoms with Crippen LogP contribution in [0.15, 0.2) is 62.8 Å². The third-order valence-electron chi connectivity index (χ3n) is 3.76. The zero-order chi connectivity index (χ0) is 18.8. The van der Waals surface area contributed by atoms with Gasteiger partial charge in [0.05, 0.1) is 21.7 Å². The average Bonchev–Trinajstić information content (AvgIpc) is 3.32. The molecular formula is C18H13ClN4O2S2. The van der Waals surface area contributed by atoms with Gasteiger partial charge in [-0.1, -0.05) is 46.7 Å². The van der Waals surface area contributed by atoms with Crippen molar-refractivity contribution in [2.45, 2.75) is 17.5 Å². The van der Waals surface area contributed by atoms with Crippen molar-refractivity contribution in [3.05, 3.63) is 69.6 Å². The number of benzene rings is 1. The molecule has 27 heavy (non-hydrogen) atoms. The molecule has 0 unspecified atom stereocenters. The molecule has 0 bridgehead atoms. The molecule has 1 aromatic carbocycles. The zero-order valence-electron chi connectivity index (χ0n) is 14.0. The summed E-state index contributed by atoms with van der Waals surface area (Å²) in [5.74, 6) is 1.27. The standard InChI is InChI=1S/C18H13ClN4O2S2/c1-2-8-23-17(24)12-7-9-26-16(12)21-18(23)27-10-14-20-15(25-22-14)11-5-3-4-6-13(11)19/h2-7,9H,1,8,10H2. The topological polar surface area (TPSA) is 73.8 Å². The Kier molecular flexibility index (Phi) is 5.11. The van der Waals surface area contributed by atoms with E-state index in [-0.39, 0.29) is 5.56 Å². The van der Waals surface area contributed by atoms with Crippen molar-refractivity contribution in [1.82, 2.24) is 19.7 Å². The monoisotopic (exact) mass is 416 g/mol. The van der Waals surface area contributed by atoms with Crippen LogP contribution in [0, 0.1) is 0 Å². The summed E-state index contributed by atoms with van der Waals surface area (Å²) in [5.41, 5.74) is 0.609. The van der Waals surface area contributed by atoms with Crippen molar-refractivity contribution >= 4 is 44.9 Å². The first-order valence-electron chi connectivity index (χ1n) is 7.96. The Hall–Kier alpha value is -2.42. The van der Waals surface area contributed by atoms with Crippen LogP contribution in [-0.2, 0) is 12.3 Å². The van der Waals surface area contributed by atoms with E-state index in [1.54, 1.807) is 22.8 Å². The number of fused-ring (bicyclic) bond motifs is 1. The highest BCUT2D eigenvalue weighted by Crippen LogP contribution is 2.28. The van der Waals surface area contributed by atoms with E-state index >= 15 is 0 Å². The molecule has 136 valence electrons. The van der Waals surface area contributed by atoms with Crippen LogP contribution in [-0.4, -0.2) is 19.7 Å². The SMILES string of the molecule is C=CCn1c(SCc2noc(-c3ccccc3Cl)n2)nc2sccc2c1=O. The third-order valence-corrected chi connectivity index (χ3v) is 5.87. The van der Waals surface area contributed by atoms with Gasteiger partial charge in [0.25, 0.3) is 11.4 Å². The highest BCUT2D eigenvalue weighted by molar-refractivity contribution is 7.98. The van der Waals surface area contributed by atoms with Crippen molar-refractivity contribution in [3.63, 3.8) is 0 Å². The molecular weight excluding hydrogens is 404 g/mol. The number of hydrogen-bond donors (Lipinski definition) is 0. The maximum Gasteiger partial charge on any atom is 0.263 e. The Morgan fingerprint density at radius 3 is 2.96 bits per heavy atom. The Labute approximate surface area is 167 Å². The fourth-order valence-corrected chi connectivity index (χ4v) is 4.39. The van der Waals surface area contributed by atoms with Crippen LogP contribution in [0.3, 0.4) is 0 Å². The minimum absolute atomic E-state index is 0.0754. The summed E-state index contributed by atoms with van der Waals surface area (Å²) in [6.45, 7) is 4.11. The van der Waals surface area contributed by atoms with Gasteiger partial charge in [-0.3, -0.25) is 9.36 Å². The van der Waals surface area contributed by atoms with Gasteiger partial charge in [0.15, 0.2) is 11.0 Å². The Bertz CT molecular complexity index is 1180. The largest absolute Gasteiger partial charge is 0.334 e. The first-order chi connectivity index (χ1) is 13.2. The molecule has 6 nitrogen and oxygen atoms in total. The second-order valence-electron chi connectivity index (χ2n) is 5.52. The molecule has 0 aliphatic carbocycles. The molecule has 0 radical (unpaired) electrons. The van der Waals surface area contributed by atoms with Gasteiger partial charge in [0.2, 0.25) is 0 Å². The van der Waals surface area contributed by atoms with Gasteiger partial charge in [-0.25, -0.2) is 4.98 Å². The summed E-state index contributed by atoms with van der Waals surface area (Å²) in [7, 11) is 0. The van der Waals surface area contributed by atoms with E-state index in [4.69, 9.17) is 16.1 Å². The van der Waals surface area contributed by atoms with Crippen LogP contribution < -0.4 is 5.56 Å². The highest BCUT2D eigenvalue weighted by Gasteiger charge is 2.15. The summed E-state index contributed by atoms with van der Waals surface area (Å²) >= 11 is 8.99. The number of nitrogens with zero attached hydrogens (tertiary/aromatic N) is 4. The summed E-state index contributed by atoms with van der Waals surface area (Å²) < 4.78 is 6.92. The molecule has 0 aliphatic heterocycles. The van der Waals surface area contributed by atoms with Crippen molar-refractivity contribution < 1.29 is 4.52 Å². The van der Waals surface area contributed by atoms with Crippen LogP contribution in [0.25, 0.3) is 21.7 Å². The molecule has 0 saturated heterocycles. The molecule has 0 amide bonds. The van der Waals surface area contributed by atoms with Crippen molar-refractivity contribution in [2.24, 2.45) is 0 Å². The molecule has 0 atom stereocenters. The van der Waals surface area contributed by atoms with E-state index in [1.165, 1.54) is 23.1 Å². The lowest BCUT2D eigenvalue weighted by Gasteiger charge is -2.08. The maximum absolute atomic E-state index is 12.6. The predicted octanol–water partition coefficient (Wildman–Crippen LogP) is 4.64. The molecule has 9 heteroatoms. The number of hydrogen-bond acceptors (Lipinski definition) is 7. The Morgan fingerprint density at radius 1 is 1.30 bits per heavy atom. The van der Waals surface area contributed by atoms with Gasteiger partial charge >= 0.3 is 0 Å². The smallest absolute Gasteiger partial charge is 0.263 e. The maximum atomic E-state index is 12.6. The molecule has 0 fully saturated rings. The molecule has 3 heterocycles. The van der Waals surface area contributed by atoms with Gasteiger partial charge in [-0.15, -0.1) is 17.9 Å². The van der Waals surface area contributed by atoms with Gasteiger partial charge in [0, 0.05) is 6.54 Å². The molecule has 0 saturated carbocycles. The van der Waals surface area contributed by atoms with Gasteiger partial charge in [-0.05, 0) is 23.6 Å². The van der Waals surface area contributed by atoms with E-state index in [9.17, 15) is 4.79 Å². The number of aromatic nitrogens is 4. The van der Waals surface area contributed by atoms with E-state index in [0.717, 1.165) is 0 Å². The van der Waals surface area contributed by atoms with Crippen molar-refractivity contribution in [3.8, 4) is 11.5 Å². The first-order valence-corrected chi connectivity index (χ1v) is 10.2. The predicted molar refractivity (Wildman–Crippen MR) is 108 cm³/mol. The second-order valence-corrected chi connectivity index (χ2v) is 7.77. The molecule has 4 rings (SSSR count). The number of allylic oxidation sites excluding steroid dienone is 1. The van der Waals surface area contributed by atoms with Crippen LogP contribution in [0.1, 0.15) is 5.82 Å². The highest BCUT2D eigenvalue weighted by atomic mass is 35.5. The second kappa shape index (κ2) is 7.67. The fourth-order valence-electron chi connectivity index (χ4n) is 2.52. The van der Waals surface area contributed by atoms with E-state index in [0.29, 0.717) is 50.0 Å². The molecule has 3 aromatic heterocycles. The molecule has 4 aromatic rings. The molecule has 0 aliphatic rings. The van der Waals surface area contributed by atoms with E-state index < -0.39 is 0 Å². The van der Waals surface area contributed by atoms with Gasteiger partial charge in [-0.2, -0.15) is 4.98 Å². The number of rotatable bonds is 6. The number of thiophene rings is 1. The van der Waals surface area contributed by atoms with Crippen LogP contribution in [0.2, 0.25) is 5.02 Å².